The van der Waals surface area contributed by atoms with Crippen LogP contribution in [0.15, 0.2) is 5.16 Å². The van der Waals surface area contributed by atoms with Gasteiger partial charge in [-0.2, -0.15) is 13.2 Å². The number of primary sulfonamides is 1. The Kier molecular flexibility index (Phi) is 5.01. The van der Waals surface area contributed by atoms with Gasteiger partial charge in [-0.1, -0.05) is 0 Å². The molecule has 0 aliphatic heterocycles. The van der Waals surface area contributed by atoms with Crippen molar-refractivity contribution >= 4 is 10.0 Å². The third kappa shape index (κ3) is 5.25. The fourth-order valence-corrected chi connectivity index (χ4v) is 2.46. The molecular weight excluding hydrogens is 313 g/mol. The smallest absolute Gasteiger partial charge is 0.372 e. The first-order valence-electron chi connectivity index (χ1n) is 5.94. The van der Waals surface area contributed by atoms with Crippen molar-refractivity contribution in [1.82, 2.24) is 14.8 Å². The van der Waals surface area contributed by atoms with E-state index in [2.05, 4.69) is 14.9 Å². The van der Waals surface area contributed by atoms with Crippen LogP contribution in [0, 0.1) is 0 Å². The first kappa shape index (κ1) is 17.9. The highest BCUT2D eigenvalue weighted by molar-refractivity contribution is 7.89. The zero-order valence-corrected chi connectivity index (χ0v) is 12.6. The predicted octanol–water partition coefficient (Wildman–Crippen LogP) is 0.802. The number of hydrogen-bond donors (Lipinski definition) is 1. The van der Waals surface area contributed by atoms with Gasteiger partial charge in [0.2, 0.25) is 0 Å². The predicted molar refractivity (Wildman–Crippen MR) is 67.0 cm³/mol. The number of aromatic nitrogens is 3. The molecule has 0 radical (unpaired) electrons. The topological polar surface area (TPSA) is 100 Å². The average molecular weight is 330 g/mol. The molecule has 0 aliphatic rings. The van der Waals surface area contributed by atoms with Gasteiger partial charge in [0.1, 0.15) is 12.4 Å². The van der Waals surface area contributed by atoms with Gasteiger partial charge < -0.3 is 4.74 Å². The second kappa shape index (κ2) is 5.89. The van der Waals surface area contributed by atoms with E-state index >= 15 is 0 Å². The SMILES string of the molecule is CC(C)(C)n1c(CCOCC(F)(F)F)nnc1S(N)(=O)=O. The second-order valence-corrected chi connectivity index (χ2v) is 6.82. The van der Waals surface area contributed by atoms with Crippen molar-refractivity contribution < 1.29 is 26.3 Å². The Hall–Kier alpha value is -1.20. The lowest BCUT2D eigenvalue weighted by molar-refractivity contribution is -0.173. The van der Waals surface area contributed by atoms with E-state index in [1.807, 2.05) is 0 Å². The number of alkyl halides is 3. The summed E-state index contributed by atoms with van der Waals surface area (Å²) in [5.41, 5.74) is -0.704. The summed E-state index contributed by atoms with van der Waals surface area (Å²) in [4.78, 5) is 0. The Labute approximate surface area is 120 Å². The molecule has 2 N–H and O–H groups in total. The number of sulfonamides is 1. The monoisotopic (exact) mass is 330 g/mol. The van der Waals surface area contributed by atoms with Gasteiger partial charge in [0.15, 0.2) is 0 Å². The molecule has 0 aliphatic carbocycles. The van der Waals surface area contributed by atoms with Crippen LogP contribution in [0.25, 0.3) is 0 Å². The number of nitrogens with zero attached hydrogens (tertiary/aromatic N) is 3. The summed E-state index contributed by atoms with van der Waals surface area (Å²) in [6.45, 7) is 3.46. The van der Waals surface area contributed by atoms with Crippen LogP contribution in [0.1, 0.15) is 26.6 Å². The van der Waals surface area contributed by atoms with E-state index in [1.54, 1.807) is 20.8 Å². The molecule has 0 unspecified atom stereocenters. The Morgan fingerprint density at radius 1 is 1.24 bits per heavy atom. The van der Waals surface area contributed by atoms with Gasteiger partial charge in [0, 0.05) is 12.0 Å². The van der Waals surface area contributed by atoms with Crippen LogP contribution in [0.3, 0.4) is 0 Å². The summed E-state index contributed by atoms with van der Waals surface area (Å²) in [5, 5.41) is 11.8. The van der Waals surface area contributed by atoms with E-state index in [0.717, 1.165) is 0 Å². The lowest BCUT2D eigenvalue weighted by Crippen LogP contribution is -2.30. The van der Waals surface area contributed by atoms with Crippen LogP contribution >= 0.6 is 0 Å². The van der Waals surface area contributed by atoms with Crippen LogP contribution in [0.4, 0.5) is 13.2 Å². The van der Waals surface area contributed by atoms with E-state index in [0.29, 0.717) is 0 Å². The lowest BCUT2D eigenvalue weighted by Gasteiger charge is -2.24. The van der Waals surface area contributed by atoms with Gasteiger partial charge in [-0.05, 0) is 20.8 Å². The molecule has 1 aromatic rings. The fraction of sp³-hybridized carbons (Fsp3) is 0.800. The van der Waals surface area contributed by atoms with Crippen LogP contribution in [-0.2, 0) is 26.7 Å². The summed E-state index contributed by atoms with van der Waals surface area (Å²) < 4.78 is 64.5. The number of ether oxygens (including phenoxy) is 1. The second-order valence-electron chi connectivity index (χ2n) is 5.37. The first-order chi connectivity index (χ1) is 9.32. The van der Waals surface area contributed by atoms with Crippen molar-refractivity contribution in [3.63, 3.8) is 0 Å². The molecule has 11 heteroatoms. The van der Waals surface area contributed by atoms with E-state index in [-0.39, 0.29) is 18.9 Å². The third-order valence-electron chi connectivity index (χ3n) is 2.36. The van der Waals surface area contributed by atoms with Crippen molar-refractivity contribution in [2.75, 3.05) is 13.2 Å². The van der Waals surface area contributed by atoms with Crippen LogP contribution in [0.5, 0.6) is 0 Å². The summed E-state index contributed by atoms with van der Waals surface area (Å²) in [7, 11) is -4.08. The van der Waals surface area contributed by atoms with Crippen molar-refractivity contribution in [1.29, 1.82) is 0 Å². The molecule has 1 rings (SSSR count). The zero-order valence-electron chi connectivity index (χ0n) is 11.8. The first-order valence-corrected chi connectivity index (χ1v) is 7.49. The van der Waals surface area contributed by atoms with Crippen LogP contribution < -0.4 is 5.14 Å². The molecule has 122 valence electrons. The highest BCUT2D eigenvalue weighted by Crippen LogP contribution is 2.21. The maximum absolute atomic E-state index is 12.0. The minimum absolute atomic E-state index is 0.0180. The molecule has 0 amide bonds. The molecule has 7 nitrogen and oxygen atoms in total. The minimum atomic E-state index is -4.41. The van der Waals surface area contributed by atoms with Gasteiger partial charge >= 0.3 is 6.18 Å². The molecular formula is C10H17F3N4O3S. The van der Waals surface area contributed by atoms with Gasteiger partial charge in [-0.3, -0.25) is 4.57 Å². The van der Waals surface area contributed by atoms with Crippen molar-refractivity contribution in [2.24, 2.45) is 5.14 Å². The molecule has 0 fully saturated rings. The maximum atomic E-state index is 12.0. The van der Waals surface area contributed by atoms with E-state index in [1.165, 1.54) is 4.57 Å². The van der Waals surface area contributed by atoms with Gasteiger partial charge in [-0.15, -0.1) is 10.2 Å². The van der Waals surface area contributed by atoms with Crippen LogP contribution in [0.2, 0.25) is 0 Å². The van der Waals surface area contributed by atoms with E-state index < -0.39 is 33.5 Å². The minimum Gasteiger partial charge on any atom is -0.372 e. The van der Waals surface area contributed by atoms with Crippen LogP contribution in [-0.4, -0.2) is 42.6 Å². The standard InChI is InChI=1S/C10H17F3N4O3S/c1-9(2,3)17-7(4-5-20-6-10(11,12)13)15-16-8(17)21(14,18)19/h4-6H2,1-3H3,(H2,14,18,19). The Bertz CT molecular complexity index is 590. The van der Waals surface area contributed by atoms with Gasteiger partial charge in [0.25, 0.3) is 15.2 Å². The largest absolute Gasteiger partial charge is 0.411 e. The quantitative estimate of drug-likeness (QED) is 0.805. The van der Waals surface area contributed by atoms with Crippen molar-refractivity contribution in [3.8, 4) is 0 Å². The molecule has 21 heavy (non-hydrogen) atoms. The number of rotatable bonds is 5. The maximum Gasteiger partial charge on any atom is 0.411 e. The molecule has 0 spiro atoms. The normalized spacial score (nSPS) is 13.7. The molecule has 1 heterocycles. The summed E-state index contributed by atoms with van der Waals surface area (Å²) >= 11 is 0. The number of nitrogens with two attached hydrogens (primary N) is 1. The third-order valence-corrected chi connectivity index (χ3v) is 3.13. The molecule has 0 aromatic carbocycles. The highest BCUT2D eigenvalue weighted by Gasteiger charge is 2.30. The number of hydrogen-bond acceptors (Lipinski definition) is 5. The highest BCUT2D eigenvalue weighted by atomic mass is 32.2. The summed E-state index contributed by atoms with van der Waals surface area (Å²) in [5.74, 6) is 0.189. The fourth-order valence-electron chi connectivity index (χ4n) is 1.67. The molecule has 1 aromatic heterocycles. The van der Waals surface area contributed by atoms with E-state index in [4.69, 9.17) is 5.14 Å². The number of halogens is 3. The van der Waals surface area contributed by atoms with Gasteiger partial charge in [0.05, 0.1) is 6.61 Å². The summed E-state index contributed by atoms with van der Waals surface area (Å²) in [6.07, 6.45) is -4.43. The molecule has 0 saturated carbocycles. The Morgan fingerprint density at radius 3 is 2.24 bits per heavy atom. The molecule has 0 bridgehead atoms. The Balaban J connectivity index is 2.92. The zero-order chi connectivity index (χ0) is 16.5. The average Bonchev–Trinajstić information content (AvgIpc) is 2.65. The van der Waals surface area contributed by atoms with Crippen molar-refractivity contribution in [2.45, 2.75) is 44.1 Å². The van der Waals surface area contributed by atoms with E-state index in [9.17, 15) is 21.6 Å². The van der Waals surface area contributed by atoms with Gasteiger partial charge in [-0.25, -0.2) is 13.6 Å². The van der Waals surface area contributed by atoms with Crippen molar-refractivity contribution in [3.05, 3.63) is 5.82 Å². The summed E-state index contributed by atoms with van der Waals surface area (Å²) in [6, 6.07) is 0. The lowest BCUT2D eigenvalue weighted by atomic mass is 10.1. The molecule has 0 saturated heterocycles. The molecule has 0 atom stereocenters. The Morgan fingerprint density at radius 2 is 1.81 bits per heavy atom.